The second-order valence-corrected chi connectivity index (χ2v) is 3.91. The third-order valence-corrected chi connectivity index (χ3v) is 2.53. The molecule has 0 saturated heterocycles. The number of aromatic nitrogens is 2. The SMILES string of the molecule is COCCOc1cc2ncc(Cl)nc2cc1OC. The first kappa shape index (κ1) is 12.9. The van der Waals surface area contributed by atoms with E-state index in [0.717, 1.165) is 0 Å². The van der Waals surface area contributed by atoms with E-state index in [1.165, 1.54) is 6.20 Å². The fourth-order valence-electron chi connectivity index (χ4n) is 1.51. The zero-order chi connectivity index (χ0) is 13.0. The molecule has 0 bridgehead atoms. The summed E-state index contributed by atoms with van der Waals surface area (Å²) in [5.74, 6) is 1.20. The van der Waals surface area contributed by atoms with Gasteiger partial charge < -0.3 is 14.2 Å². The molecule has 1 aromatic heterocycles. The van der Waals surface area contributed by atoms with Gasteiger partial charge in [-0.3, -0.25) is 4.98 Å². The van der Waals surface area contributed by atoms with E-state index in [0.29, 0.717) is 40.9 Å². The molecular formula is C12H13ClN2O3. The van der Waals surface area contributed by atoms with Gasteiger partial charge in [0, 0.05) is 19.2 Å². The van der Waals surface area contributed by atoms with Crippen LogP contribution in [0.2, 0.25) is 5.15 Å². The Morgan fingerprint density at radius 1 is 1.11 bits per heavy atom. The number of hydrogen-bond acceptors (Lipinski definition) is 5. The van der Waals surface area contributed by atoms with Crippen LogP contribution < -0.4 is 9.47 Å². The summed E-state index contributed by atoms with van der Waals surface area (Å²) >= 11 is 5.79. The molecule has 0 aliphatic heterocycles. The summed E-state index contributed by atoms with van der Waals surface area (Å²) in [4.78, 5) is 8.35. The summed E-state index contributed by atoms with van der Waals surface area (Å²) < 4.78 is 15.7. The predicted molar refractivity (Wildman–Crippen MR) is 68.5 cm³/mol. The summed E-state index contributed by atoms with van der Waals surface area (Å²) in [6.07, 6.45) is 1.50. The minimum atomic E-state index is 0.345. The minimum Gasteiger partial charge on any atom is -0.493 e. The Kier molecular flexibility index (Phi) is 4.17. The first-order valence-electron chi connectivity index (χ1n) is 5.36. The van der Waals surface area contributed by atoms with Crippen molar-refractivity contribution in [3.63, 3.8) is 0 Å². The average Bonchev–Trinajstić information content (AvgIpc) is 2.38. The van der Waals surface area contributed by atoms with Crippen molar-refractivity contribution in [3.8, 4) is 11.5 Å². The van der Waals surface area contributed by atoms with Gasteiger partial charge in [-0.2, -0.15) is 0 Å². The molecule has 0 atom stereocenters. The fourth-order valence-corrected chi connectivity index (χ4v) is 1.65. The van der Waals surface area contributed by atoms with E-state index in [1.807, 2.05) is 0 Å². The van der Waals surface area contributed by atoms with Crippen LogP contribution in [0.1, 0.15) is 0 Å². The summed E-state index contributed by atoms with van der Waals surface area (Å²) in [5, 5.41) is 0.345. The first-order chi connectivity index (χ1) is 8.74. The van der Waals surface area contributed by atoms with Crippen molar-refractivity contribution >= 4 is 22.6 Å². The molecule has 0 fully saturated rings. The van der Waals surface area contributed by atoms with Crippen molar-refractivity contribution in [1.29, 1.82) is 0 Å². The van der Waals surface area contributed by atoms with Crippen LogP contribution in [0.15, 0.2) is 18.3 Å². The van der Waals surface area contributed by atoms with Gasteiger partial charge in [0.25, 0.3) is 0 Å². The summed E-state index contributed by atoms with van der Waals surface area (Å²) in [7, 11) is 3.19. The maximum Gasteiger partial charge on any atom is 0.163 e. The van der Waals surface area contributed by atoms with Crippen molar-refractivity contribution in [2.24, 2.45) is 0 Å². The highest BCUT2D eigenvalue weighted by atomic mass is 35.5. The van der Waals surface area contributed by atoms with Gasteiger partial charge in [0.15, 0.2) is 11.5 Å². The normalized spacial score (nSPS) is 10.6. The van der Waals surface area contributed by atoms with E-state index in [-0.39, 0.29) is 0 Å². The number of halogens is 1. The van der Waals surface area contributed by atoms with Crippen molar-refractivity contribution in [2.75, 3.05) is 27.4 Å². The molecule has 0 saturated carbocycles. The van der Waals surface area contributed by atoms with Crippen molar-refractivity contribution in [1.82, 2.24) is 9.97 Å². The molecule has 1 heterocycles. The quantitative estimate of drug-likeness (QED) is 0.779. The lowest BCUT2D eigenvalue weighted by molar-refractivity contribution is 0.144. The molecule has 0 spiro atoms. The molecule has 0 amide bonds. The fraction of sp³-hybridized carbons (Fsp3) is 0.333. The zero-order valence-electron chi connectivity index (χ0n) is 10.1. The highest BCUT2D eigenvalue weighted by Gasteiger charge is 2.09. The maximum absolute atomic E-state index is 5.79. The Morgan fingerprint density at radius 3 is 2.61 bits per heavy atom. The Balaban J connectivity index is 2.36. The Bertz CT molecular complexity index is 548. The first-order valence-corrected chi connectivity index (χ1v) is 5.74. The third kappa shape index (κ3) is 2.80. The van der Waals surface area contributed by atoms with Crippen LogP contribution in [0, 0.1) is 0 Å². The molecule has 6 heteroatoms. The van der Waals surface area contributed by atoms with Crippen molar-refractivity contribution < 1.29 is 14.2 Å². The molecule has 2 aromatic rings. The number of methoxy groups -OCH3 is 2. The van der Waals surface area contributed by atoms with E-state index in [2.05, 4.69) is 9.97 Å². The smallest absolute Gasteiger partial charge is 0.163 e. The lowest BCUT2D eigenvalue weighted by atomic mass is 10.2. The molecule has 96 valence electrons. The maximum atomic E-state index is 5.79. The number of benzene rings is 1. The van der Waals surface area contributed by atoms with E-state index < -0.39 is 0 Å². The molecule has 18 heavy (non-hydrogen) atoms. The summed E-state index contributed by atoms with van der Waals surface area (Å²) in [6, 6.07) is 3.52. The summed E-state index contributed by atoms with van der Waals surface area (Å²) in [6.45, 7) is 0.951. The van der Waals surface area contributed by atoms with Gasteiger partial charge in [-0.1, -0.05) is 11.6 Å². The van der Waals surface area contributed by atoms with Crippen LogP contribution in [0.4, 0.5) is 0 Å². The van der Waals surface area contributed by atoms with Crippen molar-refractivity contribution in [2.45, 2.75) is 0 Å². The zero-order valence-corrected chi connectivity index (χ0v) is 10.9. The van der Waals surface area contributed by atoms with Gasteiger partial charge in [-0.25, -0.2) is 4.98 Å². The van der Waals surface area contributed by atoms with Crippen LogP contribution in [0.25, 0.3) is 11.0 Å². The van der Waals surface area contributed by atoms with Gasteiger partial charge in [-0.15, -0.1) is 0 Å². The monoisotopic (exact) mass is 268 g/mol. The van der Waals surface area contributed by atoms with Gasteiger partial charge in [0.2, 0.25) is 0 Å². The molecule has 5 nitrogen and oxygen atoms in total. The Morgan fingerprint density at radius 2 is 1.89 bits per heavy atom. The van der Waals surface area contributed by atoms with Crippen LogP contribution in [-0.2, 0) is 4.74 Å². The van der Waals surface area contributed by atoms with Crippen LogP contribution in [0.5, 0.6) is 11.5 Å². The number of rotatable bonds is 5. The second kappa shape index (κ2) is 5.84. The molecule has 0 aliphatic rings. The third-order valence-electron chi connectivity index (χ3n) is 2.34. The van der Waals surface area contributed by atoms with E-state index in [1.54, 1.807) is 26.4 Å². The van der Waals surface area contributed by atoms with Crippen LogP contribution in [-0.4, -0.2) is 37.4 Å². The highest BCUT2D eigenvalue weighted by Crippen LogP contribution is 2.31. The molecular weight excluding hydrogens is 256 g/mol. The van der Waals surface area contributed by atoms with E-state index in [4.69, 9.17) is 25.8 Å². The number of fused-ring (bicyclic) bond motifs is 1. The topological polar surface area (TPSA) is 53.5 Å². The number of nitrogens with zero attached hydrogens (tertiary/aromatic N) is 2. The van der Waals surface area contributed by atoms with Gasteiger partial charge in [0.1, 0.15) is 11.8 Å². The molecule has 0 unspecified atom stereocenters. The lowest BCUT2D eigenvalue weighted by Crippen LogP contribution is -2.05. The van der Waals surface area contributed by atoms with Crippen molar-refractivity contribution in [3.05, 3.63) is 23.5 Å². The van der Waals surface area contributed by atoms with Gasteiger partial charge in [-0.05, 0) is 0 Å². The largest absolute Gasteiger partial charge is 0.493 e. The van der Waals surface area contributed by atoms with E-state index in [9.17, 15) is 0 Å². The highest BCUT2D eigenvalue weighted by molar-refractivity contribution is 6.29. The minimum absolute atomic E-state index is 0.345. The number of ether oxygens (including phenoxy) is 3. The van der Waals surface area contributed by atoms with Gasteiger partial charge in [0.05, 0.1) is 30.9 Å². The van der Waals surface area contributed by atoms with E-state index >= 15 is 0 Å². The van der Waals surface area contributed by atoms with Crippen LogP contribution >= 0.6 is 11.6 Å². The Labute approximate surface area is 110 Å². The molecule has 1 aromatic carbocycles. The lowest BCUT2D eigenvalue weighted by Gasteiger charge is -2.11. The Hall–Kier alpha value is -1.59. The molecule has 0 radical (unpaired) electrons. The van der Waals surface area contributed by atoms with Gasteiger partial charge >= 0.3 is 0 Å². The molecule has 0 aliphatic carbocycles. The van der Waals surface area contributed by atoms with Crippen LogP contribution in [0.3, 0.4) is 0 Å². The summed E-state index contributed by atoms with van der Waals surface area (Å²) in [5.41, 5.74) is 1.37. The molecule has 0 N–H and O–H groups in total. The predicted octanol–water partition coefficient (Wildman–Crippen LogP) is 2.32. The number of hydrogen-bond donors (Lipinski definition) is 0. The second-order valence-electron chi connectivity index (χ2n) is 3.53. The standard InChI is InChI=1S/C12H13ClN2O3/c1-16-3-4-18-11-5-8-9(6-10(11)17-2)15-12(13)7-14-8/h5-7H,3-4H2,1-2H3. The average molecular weight is 269 g/mol. The molecule has 2 rings (SSSR count).